The zero-order chi connectivity index (χ0) is 33.6. The molecule has 0 spiro atoms. The number of hydrogen-bond donors (Lipinski definition) is 4. The summed E-state index contributed by atoms with van der Waals surface area (Å²) in [6.07, 6.45) is 4.99. The smallest absolute Gasteiger partial charge is 0.316 e. The first-order chi connectivity index (χ1) is 20.9. The third-order valence-corrected chi connectivity index (χ3v) is 7.91. The molecule has 1 saturated carbocycles. The third kappa shape index (κ3) is 10.3. The van der Waals surface area contributed by atoms with Crippen LogP contribution in [0.5, 0.6) is 11.5 Å². The van der Waals surface area contributed by atoms with Gasteiger partial charge in [-0.1, -0.05) is 84.7 Å². The number of urea groups is 1. The molecule has 0 radical (unpaired) electrons. The van der Waals surface area contributed by atoms with Gasteiger partial charge in [-0.2, -0.15) is 0 Å². The fourth-order valence-corrected chi connectivity index (χ4v) is 5.16. The summed E-state index contributed by atoms with van der Waals surface area (Å²) in [7, 11) is 0. The van der Waals surface area contributed by atoms with Crippen molar-refractivity contribution in [3.05, 3.63) is 59.2 Å². The Kier molecular flexibility index (Phi) is 11.5. The lowest BCUT2D eigenvalue weighted by molar-refractivity contribution is -0.143. The molecule has 1 aliphatic carbocycles. The van der Waals surface area contributed by atoms with E-state index >= 15 is 0 Å². The zero-order valence-electron chi connectivity index (χ0n) is 28.4. The molecule has 2 aromatic carbocycles. The minimum Gasteiger partial charge on any atom is -0.507 e. The second kappa shape index (κ2) is 14.5. The Bertz CT molecular complexity index is 1370. The molecule has 9 heteroatoms. The Morgan fingerprint density at radius 1 is 0.978 bits per heavy atom. The number of aliphatic imine (C=N–C) groups is 1. The summed E-state index contributed by atoms with van der Waals surface area (Å²) in [4.78, 5) is 43.9. The Balaban J connectivity index is 1.77. The number of amides is 3. The normalized spacial score (nSPS) is 18.2. The van der Waals surface area contributed by atoms with Gasteiger partial charge >= 0.3 is 12.0 Å². The van der Waals surface area contributed by atoms with Crippen LogP contribution in [0.4, 0.5) is 4.79 Å². The molecule has 0 aliphatic heterocycles. The molecule has 4 N–H and O–H groups in total. The van der Waals surface area contributed by atoms with Gasteiger partial charge in [0, 0.05) is 23.9 Å². The van der Waals surface area contributed by atoms with Gasteiger partial charge in [0.25, 0.3) is 0 Å². The van der Waals surface area contributed by atoms with Crippen molar-refractivity contribution in [1.82, 2.24) is 16.0 Å². The van der Waals surface area contributed by atoms with Crippen LogP contribution >= 0.6 is 0 Å². The van der Waals surface area contributed by atoms with Crippen molar-refractivity contribution in [1.29, 1.82) is 0 Å². The lowest BCUT2D eigenvalue weighted by Gasteiger charge is -2.33. The van der Waals surface area contributed by atoms with Crippen LogP contribution < -0.4 is 20.7 Å². The van der Waals surface area contributed by atoms with Crippen LogP contribution in [-0.4, -0.2) is 47.4 Å². The molecule has 2 aromatic rings. The lowest BCUT2D eigenvalue weighted by atomic mass is 9.85. The summed E-state index contributed by atoms with van der Waals surface area (Å²) in [5, 5.41) is 20.1. The number of carbonyl (C=O) groups excluding carboxylic acids is 3. The van der Waals surface area contributed by atoms with E-state index in [9.17, 15) is 19.5 Å². The SMILES string of the molecule is CC(C)(C)C(=O)Oc1cc(C=N[C@@H]2CCCC[C@H]2NC(=O)N[C@H](C(=O)NCc2ccccc2)C(C)(C)C)c(O)c(C(C)(C)C)c1. The topological polar surface area (TPSA) is 129 Å². The van der Waals surface area contributed by atoms with Gasteiger partial charge in [0.1, 0.15) is 17.5 Å². The molecule has 3 amide bonds. The van der Waals surface area contributed by atoms with Crippen molar-refractivity contribution in [2.24, 2.45) is 15.8 Å². The van der Waals surface area contributed by atoms with Gasteiger partial charge in [-0.15, -0.1) is 0 Å². The Labute approximate surface area is 268 Å². The van der Waals surface area contributed by atoms with Gasteiger partial charge in [0.15, 0.2) is 0 Å². The van der Waals surface area contributed by atoms with E-state index in [0.29, 0.717) is 23.4 Å². The molecule has 0 saturated heterocycles. The van der Waals surface area contributed by atoms with E-state index in [4.69, 9.17) is 9.73 Å². The number of esters is 1. The molecule has 0 aromatic heterocycles. The molecule has 9 nitrogen and oxygen atoms in total. The van der Waals surface area contributed by atoms with E-state index in [2.05, 4.69) is 16.0 Å². The van der Waals surface area contributed by atoms with E-state index < -0.39 is 28.3 Å². The molecular weight excluding hydrogens is 568 g/mol. The first kappa shape index (κ1) is 35.6. The highest BCUT2D eigenvalue weighted by molar-refractivity contribution is 5.88. The summed E-state index contributed by atoms with van der Waals surface area (Å²) >= 11 is 0. The highest BCUT2D eigenvalue weighted by Gasteiger charge is 2.34. The van der Waals surface area contributed by atoms with Crippen LogP contribution in [0.15, 0.2) is 47.5 Å². The number of hydrogen-bond acceptors (Lipinski definition) is 6. The number of aromatic hydroxyl groups is 1. The van der Waals surface area contributed by atoms with Gasteiger partial charge < -0.3 is 25.8 Å². The molecule has 45 heavy (non-hydrogen) atoms. The van der Waals surface area contributed by atoms with E-state index in [1.165, 1.54) is 0 Å². The number of rotatable bonds is 8. The summed E-state index contributed by atoms with van der Waals surface area (Å²) < 4.78 is 5.69. The summed E-state index contributed by atoms with van der Waals surface area (Å²) in [6, 6.07) is 11.3. The first-order valence-electron chi connectivity index (χ1n) is 15.9. The summed E-state index contributed by atoms with van der Waals surface area (Å²) in [5.41, 5.74) is 0.427. The summed E-state index contributed by atoms with van der Waals surface area (Å²) in [6.45, 7) is 17.4. The minimum atomic E-state index is -0.752. The molecular formula is C36H52N4O5. The minimum absolute atomic E-state index is 0.0782. The highest BCUT2D eigenvalue weighted by atomic mass is 16.5. The maximum atomic E-state index is 13.3. The lowest BCUT2D eigenvalue weighted by Crippen LogP contribution is -2.58. The second-order valence-corrected chi connectivity index (χ2v) is 15.2. The fraction of sp³-hybridized carbons (Fsp3) is 0.556. The van der Waals surface area contributed by atoms with Gasteiger partial charge in [-0.3, -0.25) is 14.6 Å². The predicted molar refractivity (Wildman–Crippen MR) is 179 cm³/mol. The highest BCUT2D eigenvalue weighted by Crippen LogP contribution is 2.37. The standard InChI is InChI=1S/C36H52N4O5/c1-34(2,3)26-20-25(45-32(43)36(7,8)9)19-24(29(26)41)22-37-27-17-13-14-18-28(27)39-33(44)40-30(35(4,5)6)31(42)38-21-23-15-11-10-12-16-23/h10-12,15-16,19-20,22,27-28,30,41H,13-14,17-18,21H2,1-9H3,(H,38,42)(H2,39,40,44)/t27-,28-,30-/m1/s1. The molecule has 0 bridgehead atoms. The van der Waals surface area contributed by atoms with E-state index in [-0.39, 0.29) is 29.7 Å². The number of nitrogens with zero attached hydrogens (tertiary/aromatic N) is 1. The predicted octanol–water partition coefficient (Wildman–Crippen LogP) is 6.40. The Morgan fingerprint density at radius 3 is 2.22 bits per heavy atom. The Morgan fingerprint density at radius 2 is 1.62 bits per heavy atom. The van der Waals surface area contributed by atoms with Crippen molar-refractivity contribution >= 4 is 24.1 Å². The van der Waals surface area contributed by atoms with Crippen molar-refractivity contribution < 1.29 is 24.2 Å². The van der Waals surface area contributed by atoms with Crippen LogP contribution in [0, 0.1) is 10.8 Å². The van der Waals surface area contributed by atoms with Crippen LogP contribution in [0.3, 0.4) is 0 Å². The zero-order valence-corrected chi connectivity index (χ0v) is 28.4. The number of nitrogens with one attached hydrogen (secondary N) is 3. The molecule has 1 aliphatic rings. The largest absolute Gasteiger partial charge is 0.507 e. The van der Waals surface area contributed by atoms with E-state index in [0.717, 1.165) is 31.2 Å². The molecule has 3 atom stereocenters. The van der Waals surface area contributed by atoms with Crippen LogP contribution in [-0.2, 0) is 21.5 Å². The Hall–Kier alpha value is -3.88. The quantitative estimate of drug-likeness (QED) is 0.154. The number of ether oxygens (including phenoxy) is 1. The average molecular weight is 621 g/mol. The monoisotopic (exact) mass is 620 g/mol. The van der Waals surface area contributed by atoms with E-state index in [1.807, 2.05) is 71.9 Å². The maximum absolute atomic E-state index is 13.3. The molecule has 3 rings (SSSR count). The summed E-state index contributed by atoms with van der Waals surface area (Å²) in [5.74, 6) is -0.206. The number of benzene rings is 2. The second-order valence-electron chi connectivity index (χ2n) is 15.2. The molecule has 1 fully saturated rings. The van der Waals surface area contributed by atoms with E-state index in [1.54, 1.807) is 39.1 Å². The van der Waals surface area contributed by atoms with Crippen LogP contribution in [0.25, 0.3) is 0 Å². The van der Waals surface area contributed by atoms with Gasteiger partial charge in [-0.25, -0.2) is 4.79 Å². The molecule has 0 heterocycles. The molecule has 246 valence electrons. The first-order valence-corrected chi connectivity index (χ1v) is 15.9. The third-order valence-electron chi connectivity index (χ3n) is 7.91. The van der Waals surface area contributed by atoms with Crippen molar-refractivity contribution in [2.45, 2.75) is 118 Å². The fourth-order valence-electron chi connectivity index (χ4n) is 5.16. The average Bonchev–Trinajstić information content (AvgIpc) is 2.94. The van der Waals surface area contributed by atoms with Crippen molar-refractivity contribution in [3.8, 4) is 11.5 Å². The van der Waals surface area contributed by atoms with Gasteiger partial charge in [0.05, 0.1) is 17.5 Å². The van der Waals surface area contributed by atoms with Gasteiger partial charge in [0.2, 0.25) is 5.91 Å². The van der Waals surface area contributed by atoms with Crippen molar-refractivity contribution in [3.63, 3.8) is 0 Å². The number of phenols is 1. The molecule has 0 unspecified atom stereocenters. The number of carbonyl (C=O) groups is 3. The van der Waals surface area contributed by atoms with Crippen LogP contribution in [0.1, 0.15) is 105 Å². The number of phenolic OH excluding ortho intramolecular Hbond substituents is 1. The van der Waals surface area contributed by atoms with Crippen molar-refractivity contribution in [2.75, 3.05) is 0 Å². The van der Waals surface area contributed by atoms with Crippen LogP contribution in [0.2, 0.25) is 0 Å². The maximum Gasteiger partial charge on any atom is 0.316 e. The van der Waals surface area contributed by atoms with Gasteiger partial charge in [-0.05, 0) is 62.1 Å².